The standard InChI is InChI=1S/C20H17ClN2O2S/c21-15-7-5-14(6-8-15)16-12-18(19-4-3-11-26-19)23-20(17(16)13-22)25-10-2-1-9-24/h3-8,11-12,24H,1-2,9-10H2. The van der Waals surface area contributed by atoms with E-state index in [0.717, 1.165) is 21.7 Å². The number of aromatic nitrogens is 1. The summed E-state index contributed by atoms with van der Waals surface area (Å²) in [5.74, 6) is 0.321. The summed E-state index contributed by atoms with van der Waals surface area (Å²) in [6.45, 7) is 0.517. The van der Waals surface area contributed by atoms with Gasteiger partial charge >= 0.3 is 0 Å². The van der Waals surface area contributed by atoms with Crippen LogP contribution in [0, 0.1) is 11.3 Å². The Kier molecular flexibility index (Phi) is 6.24. The first-order chi connectivity index (χ1) is 12.7. The smallest absolute Gasteiger partial charge is 0.232 e. The summed E-state index contributed by atoms with van der Waals surface area (Å²) in [6.07, 6.45) is 1.35. The van der Waals surface area contributed by atoms with Crippen LogP contribution in [0.4, 0.5) is 0 Å². The fraction of sp³-hybridized carbons (Fsp3) is 0.200. The number of unbranched alkanes of at least 4 members (excludes halogenated alkanes) is 1. The third kappa shape index (κ3) is 4.23. The maximum absolute atomic E-state index is 9.71. The largest absolute Gasteiger partial charge is 0.477 e. The van der Waals surface area contributed by atoms with E-state index in [-0.39, 0.29) is 6.61 Å². The summed E-state index contributed by atoms with van der Waals surface area (Å²) in [7, 11) is 0. The zero-order valence-electron chi connectivity index (χ0n) is 14.0. The van der Waals surface area contributed by atoms with Crippen LogP contribution in [0.2, 0.25) is 5.02 Å². The van der Waals surface area contributed by atoms with E-state index >= 15 is 0 Å². The number of thiophene rings is 1. The maximum Gasteiger partial charge on any atom is 0.232 e. The molecule has 0 aliphatic heterocycles. The van der Waals surface area contributed by atoms with Crippen molar-refractivity contribution in [1.82, 2.24) is 4.98 Å². The molecule has 3 aromatic rings. The average Bonchev–Trinajstić information content (AvgIpc) is 3.20. The van der Waals surface area contributed by atoms with Crippen LogP contribution in [-0.2, 0) is 0 Å². The molecule has 2 aromatic heterocycles. The number of hydrogen-bond donors (Lipinski definition) is 1. The Morgan fingerprint density at radius 2 is 2.00 bits per heavy atom. The zero-order chi connectivity index (χ0) is 18.4. The molecule has 0 unspecified atom stereocenters. The van der Waals surface area contributed by atoms with Gasteiger partial charge in [-0.05, 0) is 48.1 Å². The topological polar surface area (TPSA) is 66.1 Å². The van der Waals surface area contributed by atoms with Gasteiger partial charge in [-0.3, -0.25) is 0 Å². The van der Waals surface area contributed by atoms with Gasteiger partial charge in [-0.15, -0.1) is 11.3 Å². The molecule has 1 N–H and O–H groups in total. The molecule has 0 bridgehead atoms. The first-order valence-corrected chi connectivity index (χ1v) is 9.47. The Labute approximate surface area is 161 Å². The van der Waals surface area contributed by atoms with Gasteiger partial charge in [0.25, 0.3) is 0 Å². The van der Waals surface area contributed by atoms with Gasteiger partial charge in [-0.1, -0.05) is 29.8 Å². The molecule has 0 spiro atoms. The van der Waals surface area contributed by atoms with Crippen molar-refractivity contribution in [1.29, 1.82) is 5.26 Å². The Morgan fingerprint density at radius 1 is 1.19 bits per heavy atom. The summed E-state index contributed by atoms with van der Waals surface area (Å²) in [5, 5.41) is 21.2. The highest BCUT2D eigenvalue weighted by Gasteiger charge is 2.17. The van der Waals surface area contributed by atoms with Crippen LogP contribution in [0.25, 0.3) is 21.7 Å². The lowest BCUT2D eigenvalue weighted by Gasteiger charge is -2.13. The molecule has 0 radical (unpaired) electrons. The second-order valence-corrected chi connectivity index (χ2v) is 6.99. The molecule has 4 nitrogen and oxygen atoms in total. The summed E-state index contributed by atoms with van der Waals surface area (Å²) >= 11 is 7.58. The quantitative estimate of drug-likeness (QED) is 0.572. The highest BCUT2D eigenvalue weighted by atomic mass is 35.5. The molecule has 0 atom stereocenters. The normalized spacial score (nSPS) is 10.5. The zero-order valence-corrected chi connectivity index (χ0v) is 15.6. The number of aliphatic hydroxyl groups excluding tert-OH is 1. The second kappa shape index (κ2) is 8.81. The van der Waals surface area contributed by atoms with E-state index in [9.17, 15) is 5.26 Å². The van der Waals surface area contributed by atoms with E-state index in [0.29, 0.717) is 35.9 Å². The minimum atomic E-state index is 0.118. The lowest BCUT2D eigenvalue weighted by Crippen LogP contribution is -2.04. The van der Waals surface area contributed by atoms with Crippen LogP contribution in [-0.4, -0.2) is 23.3 Å². The van der Waals surface area contributed by atoms with Gasteiger partial charge in [0.2, 0.25) is 5.88 Å². The maximum atomic E-state index is 9.71. The first kappa shape index (κ1) is 18.4. The molecule has 0 amide bonds. The van der Waals surface area contributed by atoms with Crippen LogP contribution < -0.4 is 4.74 Å². The third-order valence-electron chi connectivity index (χ3n) is 3.82. The Balaban J connectivity index is 2.07. The molecular formula is C20H17ClN2O2S. The van der Waals surface area contributed by atoms with Gasteiger partial charge in [0.05, 0.1) is 17.2 Å². The molecular weight excluding hydrogens is 368 g/mol. The number of rotatable bonds is 7. The highest BCUT2D eigenvalue weighted by Crippen LogP contribution is 2.35. The van der Waals surface area contributed by atoms with Crippen molar-refractivity contribution in [3.8, 4) is 33.6 Å². The van der Waals surface area contributed by atoms with Crippen LogP contribution in [0.1, 0.15) is 18.4 Å². The summed E-state index contributed by atoms with van der Waals surface area (Å²) in [4.78, 5) is 5.57. The minimum absolute atomic E-state index is 0.118. The lowest BCUT2D eigenvalue weighted by molar-refractivity contribution is 0.249. The number of benzene rings is 1. The van der Waals surface area contributed by atoms with Gasteiger partial charge in [-0.25, -0.2) is 4.98 Å². The van der Waals surface area contributed by atoms with E-state index in [4.69, 9.17) is 21.4 Å². The van der Waals surface area contributed by atoms with E-state index in [1.807, 2.05) is 35.7 Å². The lowest BCUT2D eigenvalue weighted by atomic mass is 10.0. The van der Waals surface area contributed by atoms with Crippen LogP contribution in [0.5, 0.6) is 5.88 Å². The fourth-order valence-electron chi connectivity index (χ4n) is 2.52. The van der Waals surface area contributed by atoms with Gasteiger partial charge < -0.3 is 9.84 Å². The van der Waals surface area contributed by atoms with Crippen molar-refractivity contribution >= 4 is 22.9 Å². The molecule has 0 saturated heterocycles. The number of halogens is 1. The number of pyridine rings is 1. The highest BCUT2D eigenvalue weighted by molar-refractivity contribution is 7.13. The Morgan fingerprint density at radius 3 is 2.65 bits per heavy atom. The van der Waals surface area contributed by atoms with E-state index in [1.165, 1.54) is 0 Å². The number of ether oxygens (including phenoxy) is 1. The van der Waals surface area contributed by atoms with E-state index in [1.54, 1.807) is 23.5 Å². The van der Waals surface area contributed by atoms with Crippen LogP contribution in [0.3, 0.4) is 0 Å². The third-order valence-corrected chi connectivity index (χ3v) is 4.96. The Bertz CT molecular complexity index is 903. The van der Waals surface area contributed by atoms with Crippen molar-refractivity contribution in [3.05, 3.63) is 58.4 Å². The van der Waals surface area contributed by atoms with Gasteiger partial charge in [0.1, 0.15) is 11.6 Å². The van der Waals surface area contributed by atoms with Crippen LogP contribution >= 0.6 is 22.9 Å². The van der Waals surface area contributed by atoms with Crippen LogP contribution in [0.15, 0.2) is 47.8 Å². The fourth-order valence-corrected chi connectivity index (χ4v) is 3.34. The predicted molar refractivity (Wildman–Crippen MR) is 105 cm³/mol. The van der Waals surface area contributed by atoms with Crippen molar-refractivity contribution in [3.63, 3.8) is 0 Å². The van der Waals surface area contributed by atoms with Crippen molar-refractivity contribution in [2.24, 2.45) is 0 Å². The molecule has 3 rings (SSSR count). The van der Waals surface area contributed by atoms with Crippen molar-refractivity contribution in [2.45, 2.75) is 12.8 Å². The molecule has 0 aliphatic rings. The molecule has 0 saturated carbocycles. The monoisotopic (exact) mass is 384 g/mol. The molecule has 6 heteroatoms. The van der Waals surface area contributed by atoms with E-state index < -0.39 is 0 Å². The van der Waals surface area contributed by atoms with Crippen molar-refractivity contribution in [2.75, 3.05) is 13.2 Å². The predicted octanol–water partition coefficient (Wildman–Crippen LogP) is 5.15. The molecule has 0 fully saturated rings. The molecule has 0 aliphatic carbocycles. The van der Waals surface area contributed by atoms with Gasteiger partial charge in [0.15, 0.2) is 0 Å². The number of nitrogens with zero attached hydrogens (tertiary/aromatic N) is 2. The van der Waals surface area contributed by atoms with Gasteiger partial charge in [-0.2, -0.15) is 5.26 Å². The summed E-state index contributed by atoms with van der Waals surface area (Å²) < 4.78 is 5.79. The summed E-state index contributed by atoms with van der Waals surface area (Å²) in [5.41, 5.74) is 2.81. The minimum Gasteiger partial charge on any atom is -0.477 e. The average molecular weight is 385 g/mol. The molecule has 1 aromatic carbocycles. The number of nitriles is 1. The first-order valence-electron chi connectivity index (χ1n) is 8.21. The Hall–Kier alpha value is -2.39. The number of aliphatic hydroxyl groups is 1. The second-order valence-electron chi connectivity index (χ2n) is 5.61. The van der Waals surface area contributed by atoms with E-state index in [2.05, 4.69) is 11.1 Å². The molecule has 26 heavy (non-hydrogen) atoms. The SMILES string of the molecule is N#Cc1c(-c2ccc(Cl)cc2)cc(-c2cccs2)nc1OCCCCO. The van der Waals surface area contributed by atoms with Gasteiger partial charge in [0, 0.05) is 17.2 Å². The summed E-state index contributed by atoms with van der Waals surface area (Å²) in [6, 6.07) is 15.4. The molecule has 132 valence electrons. The molecule has 2 heterocycles. The number of hydrogen-bond acceptors (Lipinski definition) is 5. The van der Waals surface area contributed by atoms with Crippen molar-refractivity contribution < 1.29 is 9.84 Å².